The summed E-state index contributed by atoms with van der Waals surface area (Å²) >= 11 is 0. The quantitative estimate of drug-likeness (QED) is 0.0999. The number of fused-ring (bicyclic) bond motifs is 4. The Balaban J connectivity index is 1.17. The molecule has 4 amide bonds. The van der Waals surface area contributed by atoms with Gasteiger partial charge in [-0.05, 0) is 35.9 Å². The summed E-state index contributed by atoms with van der Waals surface area (Å²) in [7, 11) is -4.75. The van der Waals surface area contributed by atoms with Gasteiger partial charge in [0.1, 0.15) is 22.3 Å². The van der Waals surface area contributed by atoms with Gasteiger partial charge in [-0.2, -0.15) is 13.0 Å². The molecule has 0 spiro atoms. The van der Waals surface area contributed by atoms with Crippen LogP contribution in [0.15, 0.2) is 119 Å². The lowest BCUT2D eigenvalue weighted by Gasteiger charge is -2.27. The predicted octanol–water partition coefficient (Wildman–Crippen LogP) is 4.76. The van der Waals surface area contributed by atoms with Crippen molar-refractivity contribution in [1.29, 1.82) is 0 Å². The van der Waals surface area contributed by atoms with Crippen LogP contribution in [0.4, 0.5) is 17.1 Å². The summed E-state index contributed by atoms with van der Waals surface area (Å²) < 4.78 is 44.5. The smallest absolute Gasteiger partial charge is 0.401 e. The lowest BCUT2D eigenvalue weighted by molar-refractivity contribution is -0.199. The first-order chi connectivity index (χ1) is 29.9. The molecule has 1 N–H and O–H groups in total. The number of hydrogen-bond acceptors (Lipinski definition) is 12. The molecule has 2 fully saturated rings. The van der Waals surface area contributed by atoms with Crippen molar-refractivity contribution in [2.45, 2.75) is 55.5 Å². The minimum absolute atomic E-state index is 0.0682. The Morgan fingerprint density at radius 2 is 1.31 bits per heavy atom. The zero-order valence-corrected chi connectivity index (χ0v) is 33.2. The van der Waals surface area contributed by atoms with E-state index >= 15 is 0 Å². The molecule has 2 atom stereocenters. The number of hydroxylamine groups is 4. The number of carbonyl (C=O) groups is 6. The molecule has 17 heteroatoms. The zero-order valence-electron chi connectivity index (χ0n) is 32.4. The van der Waals surface area contributed by atoms with Crippen molar-refractivity contribution in [1.82, 2.24) is 14.7 Å². The van der Waals surface area contributed by atoms with Gasteiger partial charge in [0.25, 0.3) is 39.8 Å². The van der Waals surface area contributed by atoms with Crippen molar-refractivity contribution in [2.24, 2.45) is 0 Å². The van der Waals surface area contributed by atoms with Crippen LogP contribution in [0.2, 0.25) is 0 Å². The Morgan fingerprint density at radius 3 is 2.02 bits per heavy atom. The highest BCUT2D eigenvalue weighted by atomic mass is 32.2. The molecule has 310 valence electrons. The summed E-state index contributed by atoms with van der Waals surface area (Å²) in [6, 6.07) is 28.8. The molecule has 62 heavy (non-hydrogen) atoms. The van der Waals surface area contributed by atoms with E-state index in [4.69, 9.17) is 14.1 Å². The highest BCUT2D eigenvalue weighted by Crippen LogP contribution is 2.45. The zero-order chi connectivity index (χ0) is 43.0. The Hall–Kier alpha value is -7.50. The number of anilines is 2. The fraction of sp³-hybridized carbons (Fsp3) is 0.178. The van der Waals surface area contributed by atoms with Gasteiger partial charge in [-0.3, -0.25) is 23.7 Å². The van der Waals surface area contributed by atoms with Gasteiger partial charge in [0.15, 0.2) is 0 Å². The fourth-order valence-electron chi connectivity index (χ4n) is 8.76. The highest BCUT2D eigenvalue weighted by molar-refractivity contribution is 7.86. The van der Waals surface area contributed by atoms with Crippen molar-refractivity contribution in [3.05, 3.63) is 126 Å². The van der Waals surface area contributed by atoms with Gasteiger partial charge in [0, 0.05) is 89.3 Å². The molecule has 0 bridgehead atoms. The monoisotopic (exact) mass is 853 g/mol. The third-order valence-electron chi connectivity index (χ3n) is 11.6. The lowest BCUT2D eigenvalue weighted by atomic mass is 9.93. The van der Waals surface area contributed by atoms with Gasteiger partial charge in [-0.25, -0.2) is 9.59 Å². The molecule has 2 unspecified atom stereocenters. The Kier molecular flexibility index (Phi) is 9.11. The first kappa shape index (κ1) is 38.7. The summed E-state index contributed by atoms with van der Waals surface area (Å²) in [4.78, 5) is 89.4. The van der Waals surface area contributed by atoms with E-state index in [2.05, 4.69) is 0 Å². The van der Waals surface area contributed by atoms with E-state index in [-0.39, 0.29) is 60.3 Å². The van der Waals surface area contributed by atoms with Crippen molar-refractivity contribution >= 4 is 73.7 Å². The number of benzene rings is 5. The molecular formula is C45H33N4O12S+. The van der Waals surface area contributed by atoms with Gasteiger partial charge in [-0.1, -0.05) is 54.6 Å². The van der Waals surface area contributed by atoms with Crippen LogP contribution in [0.1, 0.15) is 36.8 Å². The van der Waals surface area contributed by atoms with E-state index < -0.39 is 57.8 Å². The van der Waals surface area contributed by atoms with Gasteiger partial charge in [-0.15, -0.1) is 10.1 Å². The summed E-state index contributed by atoms with van der Waals surface area (Å²) in [5, 5.41) is 1.92. The third-order valence-corrected chi connectivity index (χ3v) is 12.5. The van der Waals surface area contributed by atoms with E-state index in [0.717, 1.165) is 11.1 Å². The molecule has 4 aromatic rings. The lowest BCUT2D eigenvalue weighted by Crippen LogP contribution is -2.43. The largest absolute Gasteiger partial charge is 0.456 e. The summed E-state index contributed by atoms with van der Waals surface area (Å²) in [5.74, 6) is -3.88. The maximum Gasteiger partial charge on any atom is 0.401 e. The first-order valence-electron chi connectivity index (χ1n) is 19.7. The van der Waals surface area contributed by atoms with E-state index in [9.17, 15) is 41.7 Å². The van der Waals surface area contributed by atoms with Crippen LogP contribution < -0.4 is 14.8 Å². The van der Waals surface area contributed by atoms with E-state index in [1.807, 2.05) is 36.4 Å². The van der Waals surface area contributed by atoms with Crippen LogP contribution in [-0.4, -0.2) is 70.7 Å². The standard InChI is InChI=1S/C45H32N4O12S/c50-39-17-18-40(51)48(39)60-44(54)34-21-25-7-1-4-10-32(25)46(34)27-13-15-29-36(23-27)59-37-24-28(14-16-30(37)43(29)31-9-3-6-12-38(31)62(56,57)58)47-33-11-5-2-8-26(33)22-35(47)45(55)61-49-41(52)19-20-42(49)53/h1-16,23-24,34-35H,17-22H2/p+1. The molecular weight excluding hydrogens is 821 g/mol. The number of rotatable bonds is 7. The summed E-state index contributed by atoms with van der Waals surface area (Å²) in [6.45, 7) is 0. The molecule has 6 aliphatic rings. The molecule has 0 aromatic heterocycles. The summed E-state index contributed by atoms with van der Waals surface area (Å²) in [5.41, 5.74) is 4.62. The average molecular weight is 854 g/mol. The number of nitrogens with zero attached hydrogens (tertiary/aromatic N) is 4. The topological polar surface area (TPSA) is 201 Å². The number of hydrogen-bond donors (Lipinski definition) is 1. The minimum Gasteiger partial charge on any atom is -0.456 e. The van der Waals surface area contributed by atoms with Crippen molar-refractivity contribution in [3.8, 4) is 22.5 Å². The first-order valence-corrected chi connectivity index (χ1v) is 21.1. The minimum atomic E-state index is -4.75. The normalized spacial score (nSPS) is 19.5. The molecule has 16 nitrogen and oxygen atoms in total. The van der Waals surface area contributed by atoms with Crippen molar-refractivity contribution in [2.75, 3.05) is 4.90 Å². The van der Waals surface area contributed by atoms with Crippen LogP contribution in [0.5, 0.6) is 0 Å². The maximum atomic E-state index is 13.8. The molecule has 2 saturated heterocycles. The second-order valence-electron chi connectivity index (χ2n) is 15.2. The SMILES string of the molecule is O=C(ON1C(=O)CCC1=O)C1Cc2ccccc2N1c1ccc2c(-c3ccccc3S(=O)(=O)O)c3ccc(=[N+]4c5ccccc5CC4C(=O)ON4C(=O)CCC4=O)cc-3oc2c1. The predicted molar refractivity (Wildman–Crippen MR) is 217 cm³/mol. The molecule has 1 aliphatic carbocycles. The van der Waals surface area contributed by atoms with Crippen LogP contribution in [0.25, 0.3) is 33.4 Å². The fourth-order valence-corrected chi connectivity index (χ4v) is 9.46. The molecule has 10 rings (SSSR count). The molecule has 0 radical (unpaired) electrons. The molecule has 5 heterocycles. The number of carbonyl (C=O) groups excluding carboxylic acids is 6. The highest BCUT2D eigenvalue weighted by Gasteiger charge is 2.45. The van der Waals surface area contributed by atoms with Crippen LogP contribution in [-0.2, 0) is 61.4 Å². The Bertz CT molecular complexity index is 3110. The third kappa shape index (κ3) is 6.40. The second kappa shape index (κ2) is 14.6. The molecule has 5 aliphatic heterocycles. The van der Waals surface area contributed by atoms with Gasteiger partial charge in [0.05, 0.1) is 12.5 Å². The van der Waals surface area contributed by atoms with Gasteiger partial charge < -0.3 is 19.0 Å². The van der Waals surface area contributed by atoms with Gasteiger partial charge in [0.2, 0.25) is 11.0 Å². The van der Waals surface area contributed by atoms with Crippen LogP contribution in [0, 0.1) is 0 Å². The summed E-state index contributed by atoms with van der Waals surface area (Å²) in [6.07, 6.45) is 0.107. The Labute approximate surface area is 351 Å². The Morgan fingerprint density at radius 1 is 0.677 bits per heavy atom. The number of imide groups is 2. The maximum absolute atomic E-state index is 13.8. The van der Waals surface area contributed by atoms with Crippen LogP contribution >= 0.6 is 0 Å². The molecule has 4 aromatic carbocycles. The molecule has 0 saturated carbocycles. The van der Waals surface area contributed by atoms with Gasteiger partial charge >= 0.3 is 11.9 Å². The average Bonchev–Trinajstić information content (AvgIpc) is 4.02. The van der Waals surface area contributed by atoms with E-state index in [0.29, 0.717) is 49.1 Å². The van der Waals surface area contributed by atoms with E-state index in [1.165, 1.54) is 12.1 Å². The van der Waals surface area contributed by atoms with Crippen molar-refractivity contribution < 1.29 is 55.8 Å². The van der Waals surface area contributed by atoms with E-state index in [1.54, 1.807) is 70.1 Å². The number of para-hydroxylation sites is 2. The van der Waals surface area contributed by atoms with Crippen molar-refractivity contribution in [3.63, 3.8) is 0 Å². The number of amides is 4. The second-order valence-corrected chi connectivity index (χ2v) is 16.6. The van der Waals surface area contributed by atoms with Crippen LogP contribution in [0.3, 0.4) is 0 Å².